The highest BCUT2D eigenvalue weighted by molar-refractivity contribution is 6.08. The number of rotatable bonds is 14. The number of hydrogen-bond acceptors (Lipinski definition) is 5. The lowest BCUT2D eigenvalue weighted by atomic mass is 9.96. The van der Waals surface area contributed by atoms with Crippen molar-refractivity contribution in [3.05, 3.63) is 192 Å². The van der Waals surface area contributed by atoms with E-state index in [0.717, 1.165) is 44.1 Å². The molecule has 1 saturated heterocycles. The van der Waals surface area contributed by atoms with Crippen molar-refractivity contribution >= 4 is 21.8 Å². The SMILES string of the molecule is c1ccc(COC[C@H]2O[C@@H](n3c4ccccc4c4ccccc43)[C@H](OCc3ccccc3)[C@@H](OCc3ccccc3)[C@@H]2OCc2ccccc2)cc1. The Morgan fingerprint density at radius 3 is 1.27 bits per heavy atom. The summed E-state index contributed by atoms with van der Waals surface area (Å²) in [6.07, 6.45) is -2.61. The van der Waals surface area contributed by atoms with E-state index in [4.69, 9.17) is 23.7 Å². The maximum Gasteiger partial charge on any atom is 0.164 e. The van der Waals surface area contributed by atoms with E-state index in [0.29, 0.717) is 33.0 Å². The van der Waals surface area contributed by atoms with Crippen molar-refractivity contribution in [2.45, 2.75) is 57.1 Å². The summed E-state index contributed by atoms with van der Waals surface area (Å²) in [5.41, 5.74) is 6.44. The fraction of sp³-hybridized carbons (Fsp3) is 0.217. The van der Waals surface area contributed by atoms with Crippen molar-refractivity contribution in [1.29, 1.82) is 0 Å². The van der Waals surface area contributed by atoms with Crippen molar-refractivity contribution in [1.82, 2.24) is 4.57 Å². The van der Waals surface area contributed by atoms with E-state index in [9.17, 15) is 0 Å². The van der Waals surface area contributed by atoms with Crippen LogP contribution in [0.15, 0.2) is 170 Å². The number of ether oxygens (including phenoxy) is 5. The Morgan fingerprint density at radius 2 is 0.788 bits per heavy atom. The lowest BCUT2D eigenvalue weighted by Crippen LogP contribution is -2.59. The zero-order chi connectivity index (χ0) is 35.0. The first-order valence-electron chi connectivity index (χ1n) is 18.0. The molecule has 0 radical (unpaired) electrons. The second-order valence-electron chi connectivity index (χ2n) is 13.3. The van der Waals surface area contributed by atoms with Crippen LogP contribution in [0, 0.1) is 0 Å². The maximum atomic E-state index is 7.28. The minimum absolute atomic E-state index is 0.304. The lowest BCUT2D eigenvalue weighted by molar-refractivity contribution is -0.288. The molecule has 1 aliphatic heterocycles. The van der Waals surface area contributed by atoms with E-state index in [2.05, 4.69) is 102 Å². The summed E-state index contributed by atoms with van der Waals surface area (Å²) in [5.74, 6) is 0. The summed E-state index contributed by atoms with van der Waals surface area (Å²) < 4.78 is 36.9. The van der Waals surface area contributed by atoms with Crippen LogP contribution >= 0.6 is 0 Å². The van der Waals surface area contributed by atoms with Crippen LogP contribution in [0.2, 0.25) is 0 Å². The number of nitrogens with zero attached hydrogens (tertiary/aromatic N) is 1. The highest BCUT2D eigenvalue weighted by Gasteiger charge is 2.49. The van der Waals surface area contributed by atoms with Gasteiger partial charge in [0.25, 0.3) is 0 Å². The molecule has 0 aliphatic carbocycles. The Kier molecular flexibility index (Phi) is 10.8. The van der Waals surface area contributed by atoms with Crippen molar-refractivity contribution in [3.8, 4) is 0 Å². The molecule has 0 bridgehead atoms. The first kappa shape index (κ1) is 34.0. The van der Waals surface area contributed by atoms with Gasteiger partial charge in [-0.15, -0.1) is 0 Å². The molecule has 0 saturated carbocycles. The second kappa shape index (κ2) is 16.5. The molecule has 262 valence electrons. The largest absolute Gasteiger partial charge is 0.374 e. The summed E-state index contributed by atoms with van der Waals surface area (Å²) >= 11 is 0. The van der Waals surface area contributed by atoms with E-state index in [-0.39, 0.29) is 0 Å². The Morgan fingerprint density at radius 1 is 0.404 bits per heavy atom. The summed E-state index contributed by atoms with van der Waals surface area (Å²) in [6, 6.07) is 58.0. The van der Waals surface area contributed by atoms with Gasteiger partial charge in [0, 0.05) is 10.8 Å². The third-order valence-electron chi connectivity index (χ3n) is 9.73. The predicted octanol–water partition coefficient (Wildman–Crippen LogP) is 9.66. The highest BCUT2D eigenvalue weighted by Crippen LogP contribution is 2.41. The van der Waals surface area contributed by atoms with E-state index >= 15 is 0 Å². The van der Waals surface area contributed by atoms with Gasteiger partial charge in [0.1, 0.15) is 24.4 Å². The van der Waals surface area contributed by atoms with Gasteiger partial charge in [-0.25, -0.2) is 0 Å². The van der Waals surface area contributed by atoms with Gasteiger partial charge < -0.3 is 28.3 Å². The van der Waals surface area contributed by atoms with Gasteiger partial charge in [-0.2, -0.15) is 0 Å². The molecule has 6 aromatic carbocycles. The predicted molar refractivity (Wildman–Crippen MR) is 205 cm³/mol. The monoisotopic (exact) mass is 689 g/mol. The molecule has 1 aliphatic rings. The number of hydrogen-bond donors (Lipinski definition) is 0. The van der Waals surface area contributed by atoms with E-state index in [1.807, 2.05) is 72.8 Å². The standard InChI is InChI=1S/C46H43NO5/c1-5-17-34(18-6-1)29-48-33-42-43(49-30-35-19-7-2-8-20-35)44(50-31-36-21-9-3-10-22-36)45(51-32-37-23-11-4-12-24-37)46(52-42)47-40-27-15-13-25-38(40)39-26-14-16-28-41(39)47/h1-28,42-46H,29-33H2/t42-,43-,44+,45-,46-/m1/s1. The Bertz CT molecular complexity index is 2080. The number of benzene rings is 6. The molecule has 0 amide bonds. The summed E-state index contributed by atoms with van der Waals surface area (Å²) in [7, 11) is 0. The van der Waals surface area contributed by atoms with Gasteiger partial charge in [-0.05, 0) is 34.4 Å². The van der Waals surface area contributed by atoms with Gasteiger partial charge >= 0.3 is 0 Å². The van der Waals surface area contributed by atoms with Crippen LogP contribution in [-0.2, 0) is 50.1 Å². The molecule has 0 N–H and O–H groups in total. The molecule has 1 aromatic heterocycles. The number of aromatic nitrogens is 1. The molecule has 0 spiro atoms. The summed E-state index contributed by atoms with van der Waals surface area (Å²) in [4.78, 5) is 0. The molecule has 6 nitrogen and oxygen atoms in total. The number of para-hydroxylation sites is 2. The van der Waals surface area contributed by atoms with Crippen LogP contribution in [0.25, 0.3) is 21.8 Å². The van der Waals surface area contributed by atoms with Gasteiger partial charge in [0.2, 0.25) is 0 Å². The molecule has 6 heteroatoms. The number of fused-ring (bicyclic) bond motifs is 3. The first-order valence-corrected chi connectivity index (χ1v) is 18.0. The van der Waals surface area contributed by atoms with Crippen LogP contribution in [0.1, 0.15) is 28.5 Å². The van der Waals surface area contributed by atoms with E-state index < -0.39 is 30.6 Å². The third-order valence-corrected chi connectivity index (χ3v) is 9.73. The lowest BCUT2D eigenvalue weighted by Gasteiger charge is -2.47. The molecule has 5 atom stereocenters. The van der Waals surface area contributed by atoms with Crippen molar-refractivity contribution < 1.29 is 23.7 Å². The summed E-state index contributed by atoms with van der Waals surface area (Å²) in [6.45, 7) is 1.92. The molecule has 1 fully saturated rings. The smallest absolute Gasteiger partial charge is 0.164 e. The zero-order valence-electron chi connectivity index (χ0n) is 29.1. The van der Waals surface area contributed by atoms with E-state index in [1.165, 1.54) is 0 Å². The first-order chi connectivity index (χ1) is 25.8. The van der Waals surface area contributed by atoms with Crippen molar-refractivity contribution in [2.24, 2.45) is 0 Å². The van der Waals surface area contributed by atoms with Crippen LogP contribution in [0.3, 0.4) is 0 Å². The van der Waals surface area contributed by atoms with Gasteiger partial charge in [-0.1, -0.05) is 158 Å². The Hall–Kier alpha value is -5.08. The molecular formula is C46H43NO5. The van der Waals surface area contributed by atoms with Gasteiger partial charge in [0.05, 0.1) is 44.1 Å². The zero-order valence-corrected chi connectivity index (χ0v) is 29.1. The average Bonchev–Trinajstić information content (AvgIpc) is 3.54. The fourth-order valence-corrected chi connectivity index (χ4v) is 7.20. The second-order valence-corrected chi connectivity index (χ2v) is 13.3. The summed E-state index contributed by atoms with van der Waals surface area (Å²) in [5, 5.41) is 2.31. The van der Waals surface area contributed by atoms with Crippen LogP contribution in [-0.4, -0.2) is 35.6 Å². The molecule has 8 rings (SSSR count). The van der Waals surface area contributed by atoms with Crippen molar-refractivity contribution in [3.63, 3.8) is 0 Å². The fourth-order valence-electron chi connectivity index (χ4n) is 7.20. The van der Waals surface area contributed by atoms with Gasteiger partial charge in [0.15, 0.2) is 6.23 Å². The third kappa shape index (κ3) is 7.72. The molecule has 0 unspecified atom stereocenters. The topological polar surface area (TPSA) is 51.1 Å². The van der Waals surface area contributed by atoms with Crippen LogP contribution < -0.4 is 0 Å². The minimum atomic E-state index is -0.559. The minimum Gasteiger partial charge on any atom is -0.374 e. The Balaban J connectivity index is 1.22. The maximum absolute atomic E-state index is 7.28. The Labute approximate surface area is 305 Å². The van der Waals surface area contributed by atoms with Crippen molar-refractivity contribution in [2.75, 3.05) is 6.61 Å². The molecule has 7 aromatic rings. The molecular weight excluding hydrogens is 647 g/mol. The average molecular weight is 690 g/mol. The molecule has 2 heterocycles. The van der Waals surface area contributed by atoms with Crippen LogP contribution in [0.4, 0.5) is 0 Å². The normalized spacial score (nSPS) is 20.3. The van der Waals surface area contributed by atoms with E-state index in [1.54, 1.807) is 0 Å². The van der Waals surface area contributed by atoms with Crippen LogP contribution in [0.5, 0.6) is 0 Å². The molecule has 52 heavy (non-hydrogen) atoms. The highest BCUT2D eigenvalue weighted by atomic mass is 16.6. The quantitative estimate of drug-likeness (QED) is 0.114. The van der Waals surface area contributed by atoms with Gasteiger partial charge in [-0.3, -0.25) is 0 Å².